The van der Waals surface area contributed by atoms with Crippen LogP contribution in [0.5, 0.6) is 0 Å². The van der Waals surface area contributed by atoms with Gasteiger partial charge in [0.15, 0.2) is 5.96 Å². The molecule has 1 aliphatic heterocycles. The molecule has 2 N–H and O–H groups in total. The number of guanidine groups is 1. The molecule has 1 unspecified atom stereocenters. The minimum absolute atomic E-state index is 0. The molecule has 32 heavy (non-hydrogen) atoms. The molecule has 3 rings (SSSR count). The van der Waals surface area contributed by atoms with Crippen LogP contribution in [-0.4, -0.2) is 66.6 Å². The first-order valence-electron chi connectivity index (χ1n) is 11.2. The van der Waals surface area contributed by atoms with Crippen molar-refractivity contribution in [1.82, 2.24) is 25.3 Å². The largest absolute Gasteiger partial charge is 0.379 e. The van der Waals surface area contributed by atoms with Crippen molar-refractivity contribution in [2.45, 2.75) is 39.8 Å². The van der Waals surface area contributed by atoms with Gasteiger partial charge in [-0.2, -0.15) is 5.10 Å². The van der Waals surface area contributed by atoms with Crippen LogP contribution in [0.2, 0.25) is 0 Å². The molecule has 1 aliphatic rings. The number of benzene rings is 1. The van der Waals surface area contributed by atoms with Crippen LogP contribution < -0.4 is 10.6 Å². The van der Waals surface area contributed by atoms with Crippen LogP contribution >= 0.6 is 24.0 Å². The molecule has 0 saturated carbocycles. The number of halogens is 2. The van der Waals surface area contributed by atoms with Gasteiger partial charge in [0.05, 0.1) is 31.5 Å². The molecule has 2 heterocycles. The Labute approximate surface area is 207 Å². The number of aromatic nitrogens is 2. The molecule has 0 amide bonds. The van der Waals surface area contributed by atoms with Crippen LogP contribution in [0.15, 0.2) is 35.3 Å². The molecule has 1 aromatic heterocycles. The summed E-state index contributed by atoms with van der Waals surface area (Å²) in [4.78, 5) is 7.16. The van der Waals surface area contributed by atoms with E-state index in [-0.39, 0.29) is 35.8 Å². The fourth-order valence-corrected chi connectivity index (χ4v) is 3.89. The lowest BCUT2D eigenvalue weighted by Crippen LogP contribution is -2.42. The van der Waals surface area contributed by atoms with Gasteiger partial charge in [-0.15, -0.1) is 24.0 Å². The number of hydrogen-bond donors (Lipinski definition) is 2. The zero-order chi connectivity index (χ0) is 22.1. The first-order chi connectivity index (χ1) is 15.1. The Kier molecular flexibility index (Phi) is 11.4. The lowest BCUT2D eigenvalue weighted by molar-refractivity contribution is 0.0179. The molecule has 9 heteroatoms. The third-order valence-electron chi connectivity index (χ3n) is 5.43. The number of nitrogens with one attached hydrogen (secondary N) is 2. The number of rotatable bonds is 9. The number of aliphatic imine (C=N–C) groups is 1. The standard InChI is InChI=1S/C23H35FN6O.HI/c1-4-25-23(26-9-6-10-30-19(3)15-18(2)28-30)27-17-22(29-11-13-31-14-12-29)20-7-5-8-21(24)16-20;/h5,7-8,15-16,22H,4,6,9-14,17H2,1-3H3,(H2,25,26,27);1H. The number of aryl methyl sites for hydroxylation is 3. The molecule has 0 bridgehead atoms. The summed E-state index contributed by atoms with van der Waals surface area (Å²) in [5, 5.41) is 11.2. The van der Waals surface area contributed by atoms with E-state index in [9.17, 15) is 4.39 Å². The Morgan fingerprint density at radius 3 is 2.66 bits per heavy atom. The summed E-state index contributed by atoms with van der Waals surface area (Å²) >= 11 is 0. The minimum Gasteiger partial charge on any atom is -0.379 e. The van der Waals surface area contributed by atoms with Gasteiger partial charge in [-0.25, -0.2) is 4.39 Å². The van der Waals surface area contributed by atoms with E-state index < -0.39 is 0 Å². The lowest BCUT2D eigenvalue weighted by Gasteiger charge is -2.34. The Bertz CT molecular complexity index is 853. The lowest BCUT2D eigenvalue weighted by atomic mass is 10.0. The van der Waals surface area contributed by atoms with E-state index in [1.807, 2.05) is 17.7 Å². The SMILES string of the molecule is CCNC(=NCC(c1cccc(F)c1)N1CCOCC1)NCCCn1nc(C)cc1C.I. The van der Waals surface area contributed by atoms with Crippen LogP contribution in [0.25, 0.3) is 0 Å². The van der Waals surface area contributed by atoms with E-state index in [0.29, 0.717) is 19.8 Å². The average Bonchev–Trinajstić information content (AvgIpc) is 3.09. The monoisotopic (exact) mass is 558 g/mol. The molecule has 1 atom stereocenters. The highest BCUT2D eigenvalue weighted by Crippen LogP contribution is 2.23. The van der Waals surface area contributed by atoms with Gasteiger partial charge in [-0.3, -0.25) is 14.6 Å². The predicted octanol–water partition coefficient (Wildman–Crippen LogP) is 3.28. The maximum atomic E-state index is 13.9. The zero-order valence-electron chi connectivity index (χ0n) is 19.3. The predicted molar refractivity (Wildman–Crippen MR) is 137 cm³/mol. The van der Waals surface area contributed by atoms with Crippen LogP contribution in [0.1, 0.15) is 36.3 Å². The highest BCUT2D eigenvalue weighted by Gasteiger charge is 2.23. The maximum absolute atomic E-state index is 13.9. The average molecular weight is 558 g/mol. The second kappa shape index (κ2) is 13.7. The summed E-state index contributed by atoms with van der Waals surface area (Å²) in [5.41, 5.74) is 3.18. The van der Waals surface area contributed by atoms with Gasteiger partial charge in [-0.1, -0.05) is 12.1 Å². The van der Waals surface area contributed by atoms with Gasteiger partial charge in [0.1, 0.15) is 5.82 Å². The Morgan fingerprint density at radius 1 is 1.22 bits per heavy atom. The molecule has 2 aromatic rings. The van der Waals surface area contributed by atoms with Gasteiger partial charge in [-0.05, 0) is 51.0 Å². The van der Waals surface area contributed by atoms with Crippen LogP contribution in [0.3, 0.4) is 0 Å². The number of hydrogen-bond acceptors (Lipinski definition) is 4. The highest BCUT2D eigenvalue weighted by atomic mass is 127. The Morgan fingerprint density at radius 2 is 2.00 bits per heavy atom. The van der Waals surface area contributed by atoms with Gasteiger partial charge in [0, 0.05) is 38.4 Å². The first kappa shape index (κ1) is 26.5. The quantitative estimate of drug-likeness (QED) is 0.214. The van der Waals surface area contributed by atoms with Gasteiger partial charge < -0.3 is 15.4 Å². The van der Waals surface area contributed by atoms with Gasteiger partial charge in [0.2, 0.25) is 0 Å². The van der Waals surface area contributed by atoms with Gasteiger partial charge >= 0.3 is 0 Å². The molecular weight excluding hydrogens is 522 g/mol. The fourth-order valence-electron chi connectivity index (χ4n) is 3.89. The van der Waals surface area contributed by atoms with E-state index in [0.717, 1.165) is 56.4 Å². The van der Waals surface area contributed by atoms with Crippen molar-refractivity contribution in [2.75, 3.05) is 45.9 Å². The molecule has 0 radical (unpaired) electrons. The second-order valence-electron chi connectivity index (χ2n) is 7.87. The maximum Gasteiger partial charge on any atom is 0.191 e. The van der Waals surface area contributed by atoms with Crippen molar-refractivity contribution in [1.29, 1.82) is 0 Å². The third-order valence-corrected chi connectivity index (χ3v) is 5.43. The summed E-state index contributed by atoms with van der Waals surface area (Å²) in [6.07, 6.45) is 0.948. The number of ether oxygens (including phenoxy) is 1. The second-order valence-corrected chi connectivity index (χ2v) is 7.87. The zero-order valence-corrected chi connectivity index (χ0v) is 21.6. The van der Waals surface area contributed by atoms with Crippen molar-refractivity contribution < 1.29 is 9.13 Å². The first-order valence-corrected chi connectivity index (χ1v) is 11.2. The smallest absolute Gasteiger partial charge is 0.191 e. The van der Waals surface area contributed by atoms with E-state index in [1.165, 1.54) is 11.8 Å². The van der Waals surface area contributed by atoms with E-state index >= 15 is 0 Å². The molecule has 1 aromatic carbocycles. The molecule has 178 valence electrons. The Hall–Kier alpha value is -1.72. The van der Waals surface area contributed by atoms with Gasteiger partial charge in [0.25, 0.3) is 0 Å². The number of nitrogens with zero attached hydrogens (tertiary/aromatic N) is 4. The third kappa shape index (κ3) is 8.00. The summed E-state index contributed by atoms with van der Waals surface area (Å²) in [5.74, 6) is 0.569. The molecule has 1 fully saturated rings. The van der Waals surface area contributed by atoms with Crippen molar-refractivity contribution >= 4 is 29.9 Å². The molecular formula is C23H36FIN6O. The van der Waals surface area contributed by atoms with Crippen molar-refractivity contribution in [2.24, 2.45) is 4.99 Å². The van der Waals surface area contributed by atoms with Crippen molar-refractivity contribution in [3.8, 4) is 0 Å². The highest BCUT2D eigenvalue weighted by molar-refractivity contribution is 14.0. The van der Waals surface area contributed by atoms with Crippen LogP contribution in [-0.2, 0) is 11.3 Å². The fraction of sp³-hybridized carbons (Fsp3) is 0.565. The molecule has 0 aliphatic carbocycles. The minimum atomic E-state index is -0.214. The van der Waals surface area contributed by atoms with Crippen LogP contribution in [0.4, 0.5) is 4.39 Å². The topological polar surface area (TPSA) is 66.7 Å². The normalized spacial score (nSPS) is 15.8. The molecule has 1 saturated heterocycles. The van der Waals surface area contributed by atoms with E-state index in [1.54, 1.807) is 12.1 Å². The molecule has 0 spiro atoms. The summed E-state index contributed by atoms with van der Waals surface area (Å²) in [7, 11) is 0. The van der Waals surface area contributed by atoms with Crippen LogP contribution in [0, 0.1) is 19.7 Å². The van der Waals surface area contributed by atoms with Crippen molar-refractivity contribution in [3.63, 3.8) is 0 Å². The summed E-state index contributed by atoms with van der Waals surface area (Å²) in [6.45, 7) is 12.2. The summed E-state index contributed by atoms with van der Waals surface area (Å²) in [6, 6.07) is 8.96. The summed E-state index contributed by atoms with van der Waals surface area (Å²) < 4.78 is 21.4. The number of morpholine rings is 1. The molecule has 7 nitrogen and oxygen atoms in total. The van der Waals surface area contributed by atoms with Crippen molar-refractivity contribution in [3.05, 3.63) is 53.1 Å². The van der Waals surface area contributed by atoms with E-state index in [2.05, 4.69) is 40.5 Å². The van der Waals surface area contributed by atoms with E-state index in [4.69, 9.17) is 9.73 Å². The Balaban J connectivity index is 0.00000363.